The number of hydrogen-bond donors (Lipinski definition) is 0. The van der Waals surface area contributed by atoms with Crippen LogP contribution in [0.3, 0.4) is 0 Å². The van der Waals surface area contributed by atoms with E-state index >= 15 is 0 Å². The second-order valence-electron chi connectivity index (χ2n) is 12.7. The van der Waals surface area contributed by atoms with Gasteiger partial charge in [0, 0.05) is 11.1 Å². The molecule has 0 aromatic heterocycles. The van der Waals surface area contributed by atoms with Gasteiger partial charge in [0.2, 0.25) is 0 Å². The molecule has 2 fully saturated rings. The Hall–Kier alpha value is -2.77. The van der Waals surface area contributed by atoms with E-state index in [1.54, 1.807) is 18.2 Å². The van der Waals surface area contributed by atoms with Crippen LogP contribution < -0.4 is 10.9 Å². The molecule has 3 aliphatic rings. The van der Waals surface area contributed by atoms with Crippen LogP contribution in [0, 0.1) is 5.82 Å². The Kier molecular flexibility index (Phi) is 5.84. The standard InChI is InChI=1S/C31H34B2FNO4/c1-28(2)29(3,4)37-32(36-28)19-13-15-21-22-16-14-20(33-38-30(5,6)31(7,8)39-33)18-24(22)27(23(21)17-19)35-26-12-10-9-11-25(26)34/h9-18H,1-8H3. The largest absolute Gasteiger partial charge is 0.494 e. The third-order valence-electron chi connectivity index (χ3n) is 9.02. The molecular weight excluding hydrogens is 491 g/mol. The van der Waals surface area contributed by atoms with Crippen LogP contribution in [0.15, 0.2) is 65.7 Å². The predicted octanol–water partition coefficient (Wildman–Crippen LogP) is 5.57. The van der Waals surface area contributed by atoms with Crippen molar-refractivity contribution >= 4 is 36.6 Å². The van der Waals surface area contributed by atoms with Crippen molar-refractivity contribution in [3.8, 4) is 11.1 Å². The van der Waals surface area contributed by atoms with Crippen molar-refractivity contribution in [3.63, 3.8) is 0 Å². The van der Waals surface area contributed by atoms with E-state index in [0.717, 1.165) is 33.2 Å². The number of hydrogen-bond acceptors (Lipinski definition) is 5. The van der Waals surface area contributed by atoms with Crippen molar-refractivity contribution in [3.05, 3.63) is 77.6 Å². The highest BCUT2D eigenvalue weighted by Gasteiger charge is 2.53. The maximum atomic E-state index is 14.8. The molecule has 5 nitrogen and oxygen atoms in total. The molecule has 0 amide bonds. The molecule has 2 aliphatic heterocycles. The Labute approximate surface area is 231 Å². The van der Waals surface area contributed by atoms with Gasteiger partial charge in [-0.25, -0.2) is 9.38 Å². The summed E-state index contributed by atoms with van der Waals surface area (Å²) in [7, 11) is -1.03. The fourth-order valence-corrected chi connectivity index (χ4v) is 5.17. The van der Waals surface area contributed by atoms with E-state index in [1.165, 1.54) is 6.07 Å². The summed E-state index contributed by atoms with van der Waals surface area (Å²) in [4.78, 5) is 4.87. The topological polar surface area (TPSA) is 49.3 Å². The van der Waals surface area contributed by atoms with E-state index in [4.69, 9.17) is 23.6 Å². The number of para-hydroxylation sites is 1. The second kappa shape index (κ2) is 8.61. The summed E-state index contributed by atoms with van der Waals surface area (Å²) in [5.41, 5.74) is 4.82. The lowest BCUT2D eigenvalue weighted by molar-refractivity contribution is 0.00578. The van der Waals surface area contributed by atoms with Crippen LogP contribution in [0.1, 0.15) is 66.5 Å². The van der Waals surface area contributed by atoms with Crippen molar-refractivity contribution in [2.24, 2.45) is 4.99 Å². The highest BCUT2D eigenvalue weighted by molar-refractivity contribution is 6.63. The van der Waals surface area contributed by atoms with Gasteiger partial charge in [-0.3, -0.25) is 0 Å². The summed E-state index contributed by atoms with van der Waals surface area (Å²) in [5.74, 6) is -0.371. The van der Waals surface area contributed by atoms with Crippen LogP contribution in [-0.4, -0.2) is 42.4 Å². The first-order valence-electron chi connectivity index (χ1n) is 13.5. The Bertz CT molecular complexity index is 1390. The third-order valence-corrected chi connectivity index (χ3v) is 9.02. The van der Waals surface area contributed by atoms with Crippen molar-refractivity contribution < 1.29 is 23.0 Å². The summed E-state index contributed by atoms with van der Waals surface area (Å²) in [6.45, 7) is 16.3. The smallest absolute Gasteiger partial charge is 0.399 e. The monoisotopic (exact) mass is 525 g/mol. The highest BCUT2D eigenvalue weighted by Crippen LogP contribution is 2.41. The van der Waals surface area contributed by atoms with Gasteiger partial charge in [0.25, 0.3) is 0 Å². The number of benzene rings is 3. The summed E-state index contributed by atoms with van der Waals surface area (Å²) in [6, 6.07) is 18.9. The first-order chi connectivity index (χ1) is 18.2. The van der Waals surface area contributed by atoms with Crippen molar-refractivity contribution in [2.75, 3.05) is 0 Å². The number of halogens is 1. The predicted molar refractivity (Wildman–Crippen MR) is 155 cm³/mol. The van der Waals surface area contributed by atoms with E-state index in [0.29, 0.717) is 5.71 Å². The lowest BCUT2D eigenvalue weighted by Gasteiger charge is -2.32. The average molecular weight is 525 g/mol. The van der Waals surface area contributed by atoms with Crippen molar-refractivity contribution in [1.29, 1.82) is 0 Å². The lowest BCUT2D eigenvalue weighted by Crippen LogP contribution is -2.41. The molecule has 0 atom stereocenters. The first kappa shape index (κ1) is 26.5. The molecular formula is C31H34B2FNO4. The Morgan fingerprint density at radius 2 is 0.974 bits per heavy atom. The first-order valence-corrected chi connectivity index (χ1v) is 13.5. The van der Waals surface area contributed by atoms with Crippen LogP contribution in [-0.2, 0) is 18.6 Å². The zero-order chi connectivity index (χ0) is 28.0. The van der Waals surface area contributed by atoms with Crippen LogP contribution in [0.25, 0.3) is 11.1 Å². The SMILES string of the molecule is CC1(C)OB(c2ccc3c(c2)C(=Nc2ccccc2F)c2cc(B4OC(C)(C)C(C)(C)O4)ccc2-3)OC1(C)C. The lowest BCUT2D eigenvalue weighted by atomic mass is 9.77. The molecule has 2 heterocycles. The average Bonchev–Trinajstić information content (AvgIpc) is 3.37. The van der Waals surface area contributed by atoms with E-state index in [9.17, 15) is 4.39 Å². The molecule has 0 spiro atoms. The molecule has 3 aromatic rings. The quantitative estimate of drug-likeness (QED) is 0.328. The fraction of sp³-hybridized carbons (Fsp3) is 0.387. The number of aliphatic imine (C=N–C) groups is 1. The molecule has 8 heteroatoms. The van der Waals surface area contributed by atoms with Crippen LogP contribution in [0.5, 0.6) is 0 Å². The molecule has 1 aliphatic carbocycles. The zero-order valence-corrected chi connectivity index (χ0v) is 23.9. The van der Waals surface area contributed by atoms with Gasteiger partial charge in [0.05, 0.1) is 33.8 Å². The summed E-state index contributed by atoms with van der Waals surface area (Å²) < 4.78 is 40.1. The minimum atomic E-state index is -0.515. The van der Waals surface area contributed by atoms with E-state index < -0.39 is 36.6 Å². The summed E-state index contributed by atoms with van der Waals surface area (Å²) in [5, 5.41) is 0. The molecule has 0 bridgehead atoms. The van der Waals surface area contributed by atoms with Crippen molar-refractivity contribution in [2.45, 2.75) is 77.8 Å². The minimum absolute atomic E-state index is 0.286. The van der Waals surface area contributed by atoms with Gasteiger partial charge in [-0.05, 0) is 89.6 Å². The van der Waals surface area contributed by atoms with E-state index in [-0.39, 0.29) is 11.5 Å². The normalized spacial score (nSPS) is 21.7. The Morgan fingerprint density at radius 3 is 1.38 bits per heavy atom. The number of nitrogens with zero attached hydrogens (tertiary/aromatic N) is 1. The van der Waals surface area contributed by atoms with Gasteiger partial charge < -0.3 is 18.6 Å². The number of fused-ring (bicyclic) bond motifs is 3. The Morgan fingerprint density at radius 1 is 0.564 bits per heavy atom. The molecule has 0 N–H and O–H groups in total. The second-order valence-corrected chi connectivity index (χ2v) is 12.7. The van der Waals surface area contributed by atoms with Gasteiger partial charge in [-0.2, -0.15) is 0 Å². The van der Waals surface area contributed by atoms with E-state index in [1.807, 2.05) is 67.5 Å². The van der Waals surface area contributed by atoms with Gasteiger partial charge in [-0.15, -0.1) is 0 Å². The molecule has 200 valence electrons. The van der Waals surface area contributed by atoms with Crippen LogP contribution in [0.4, 0.5) is 10.1 Å². The maximum Gasteiger partial charge on any atom is 0.494 e. The Balaban J connectivity index is 1.46. The van der Waals surface area contributed by atoms with Crippen LogP contribution in [0.2, 0.25) is 0 Å². The fourth-order valence-electron chi connectivity index (χ4n) is 5.17. The molecule has 0 unspecified atom stereocenters. The van der Waals surface area contributed by atoms with Gasteiger partial charge in [-0.1, -0.05) is 48.5 Å². The third kappa shape index (κ3) is 4.20. The van der Waals surface area contributed by atoms with Crippen LogP contribution >= 0.6 is 0 Å². The molecule has 2 saturated heterocycles. The minimum Gasteiger partial charge on any atom is -0.399 e. The zero-order valence-electron chi connectivity index (χ0n) is 23.9. The van der Waals surface area contributed by atoms with Crippen molar-refractivity contribution in [1.82, 2.24) is 0 Å². The molecule has 3 aromatic carbocycles. The highest BCUT2D eigenvalue weighted by atomic mass is 19.1. The number of rotatable bonds is 3. The molecule has 39 heavy (non-hydrogen) atoms. The summed E-state index contributed by atoms with van der Waals surface area (Å²) in [6.07, 6.45) is 0. The molecule has 0 saturated carbocycles. The molecule has 0 radical (unpaired) electrons. The summed E-state index contributed by atoms with van der Waals surface area (Å²) >= 11 is 0. The van der Waals surface area contributed by atoms with Gasteiger partial charge in [0.1, 0.15) is 5.82 Å². The van der Waals surface area contributed by atoms with Gasteiger partial charge >= 0.3 is 14.2 Å². The maximum absolute atomic E-state index is 14.8. The molecule has 6 rings (SSSR count). The van der Waals surface area contributed by atoms with Gasteiger partial charge in [0.15, 0.2) is 0 Å². The van der Waals surface area contributed by atoms with E-state index in [2.05, 4.69) is 24.3 Å².